The van der Waals surface area contributed by atoms with Crippen LogP contribution in [0.25, 0.3) is 0 Å². The number of thioether (sulfide) groups is 1. The van der Waals surface area contributed by atoms with Crippen molar-refractivity contribution in [3.8, 4) is 0 Å². The van der Waals surface area contributed by atoms with Crippen LogP contribution in [0.15, 0.2) is 4.52 Å². The Balaban J connectivity index is 0.00000208. The van der Waals surface area contributed by atoms with Crippen LogP contribution in [-0.4, -0.2) is 40.1 Å². The molecule has 6 nitrogen and oxygen atoms in total. The van der Waals surface area contributed by atoms with Gasteiger partial charge in [0.25, 0.3) is 0 Å². The fraction of sp³-hybridized carbons (Fsp3) is 0.812. The number of hydrogen-bond donors (Lipinski definition) is 2. The van der Waals surface area contributed by atoms with Crippen molar-refractivity contribution in [1.29, 1.82) is 0 Å². The minimum Gasteiger partial charge on any atom is -0.345 e. The van der Waals surface area contributed by atoms with Gasteiger partial charge in [-0.3, -0.25) is 4.79 Å². The largest absolute Gasteiger partial charge is 0.345 e. The van der Waals surface area contributed by atoms with Gasteiger partial charge >= 0.3 is 0 Å². The molecule has 3 rings (SSSR count). The number of aromatic nitrogens is 2. The molecule has 0 bridgehead atoms. The minimum atomic E-state index is -0.233. The topological polar surface area (TPSA) is 80.0 Å². The first-order valence-electron chi connectivity index (χ1n) is 8.66. The molecule has 1 amide bonds. The van der Waals surface area contributed by atoms with E-state index in [-0.39, 0.29) is 30.4 Å². The van der Waals surface area contributed by atoms with E-state index in [2.05, 4.69) is 20.8 Å². The molecule has 1 aromatic rings. The average molecular weight is 375 g/mol. The SMILES string of the molecule is CC(NC(=O)CC1CSCCN1)c1nc(C2CCCCC2)no1.Cl. The van der Waals surface area contributed by atoms with Gasteiger partial charge in [-0.25, -0.2) is 0 Å². The van der Waals surface area contributed by atoms with Crippen LogP contribution in [0.3, 0.4) is 0 Å². The Bertz CT molecular complexity index is 516. The smallest absolute Gasteiger partial charge is 0.248 e. The van der Waals surface area contributed by atoms with Crippen molar-refractivity contribution in [3.63, 3.8) is 0 Å². The summed E-state index contributed by atoms with van der Waals surface area (Å²) < 4.78 is 5.37. The Morgan fingerprint density at radius 1 is 1.42 bits per heavy atom. The van der Waals surface area contributed by atoms with Gasteiger partial charge in [0.15, 0.2) is 5.82 Å². The van der Waals surface area contributed by atoms with Gasteiger partial charge in [0.05, 0.1) is 0 Å². The first-order chi connectivity index (χ1) is 11.2. The van der Waals surface area contributed by atoms with Crippen LogP contribution in [0.1, 0.15) is 69.1 Å². The van der Waals surface area contributed by atoms with Gasteiger partial charge in [-0.05, 0) is 19.8 Å². The van der Waals surface area contributed by atoms with E-state index >= 15 is 0 Å². The van der Waals surface area contributed by atoms with Crippen molar-refractivity contribution in [2.75, 3.05) is 18.1 Å². The van der Waals surface area contributed by atoms with Crippen molar-refractivity contribution in [2.45, 2.75) is 63.5 Å². The van der Waals surface area contributed by atoms with Crippen molar-refractivity contribution in [1.82, 2.24) is 20.8 Å². The maximum Gasteiger partial charge on any atom is 0.248 e. The molecule has 2 atom stereocenters. The van der Waals surface area contributed by atoms with Crippen molar-refractivity contribution in [2.24, 2.45) is 0 Å². The molecule has 24 heavy (non-hydrogen) atoms. The summed E-state index contributed by atoms with van der Waals surface area (Å²) in [6.45, 7) is 2.88. The predicted molar refractivity (Wildman–Crippen MR) is 97.7 cm³/mol. The van der Waals surface area contributed by atoms with E-state index in [0.29, 0.717) is 18.2 Å². The highest BCUT2D eigenvalue weighted by Crippen LogP contribution is 2.31. The second-order valence-electron chi connectivity index (χ2n) is 6.55. The molecule has 2 heterocycles. The minimum absolute atomic E-state index is 0. The Hall–Kier alpha value is -0.790. The number of hydrogen-bond acceptors (Lipinski definition) is 6. The van der Waals surface area contributed by atoms with Crippen LogP contribution >= 0.6 is 24.2 Å². The Labute approximate surface area is 153 Å². The Kier molecular flexibility index (Phi) is 7.84. The van der Waals surface area contributed by atoms with Gasteiger partial charge in [-0.2, -0.15) is 16.7 Å². The second kappa shape index (κ2) is 9.63. The third kappa shape index (κ3) is 5.36. The first kappa shape index (κ1) is 19.5. The average Bonchev–Trinajstić information content (AvgIpc) is 3.06. The zero-order chi connectivity index (χ0) is 16.1. The predicted octanol–water partition coefficient (Wildman–Crippen LogP) is 2.81. The molecule has 0 aromatic carbocycles. The summed E-state index contributed by atoms with van der Waals surface area (Å²) >= 11 is 1.90. The molecule has 8 heteroatoms. The standard InChI is InChI=1S/C16H26N4O2S.ClH/c1-11(18-14(21)9-13-10-23-8-7-17-13)16-19-15(20-22-16)12-5-3-2-4-6-12;/h11-13,17H,2-10H2,1H3,(H,18,21);1H. The van der Waals surface area contributed by atoms with Crippen LogP contribution in [-0.2, 0) is 4.79 Å². The third-order valence-corrected chi connectivity index (χ3v) is 5.74. The maximum absolute atomic E-state index is 12.2. The van der Waals surface area contributed by atoms with Gasteiger partial charge in [-0.1, -0.05) is 24.4 Å². The van der Waals surface area contributed by atoms with Gasteiger partial charge in [-0.15, -0.1) is 12.4 Å². The van der Waals surface area contributed by atoms with Crippen molar-refractivity contribution >= 4 is 30.1 Å². The van der Waals surface area contributed by atoms with E-state index in [1.807, 2.05) is 18.7 Å². The lowest BCUT2D eigenvalue weighted by Crippen LogP contribution is -2.41. The van der Waals surface area contributed by atoms with E-state index in [4.69, 9.17) is 4.52 Å². The molecule has 2 N–H and O–H groups in total. The van der Waals surface area contributed by atoms with E-state index < -0.39 is 0 Å². The Morgan fingerprint density at radius 2 is 2.21 bits per heavy atom. The summed E-state index contributed by atoms with van der Waals surface area (Å²) in [5.41, 5.74) is 0. The molecule has 2 unspecified atom stereocenters. The lowest BCUT2D eigenvalue weighted by atomic mass is 9.89. The van der Waals surface area contributed by atoms with Crippen molar-refractivity contribution in [3.05, 3.63) is 11.7 Å². The number of carbonyl (C=O) groups excluding carboxylic acids is 1. The molecule has 2 fully saturated rings. The zero-order valence-electron chi connectivity index (χ0n) is 14.1. The number of rotatable bonds is 5. The van der Waals surface area contributed by atoms with E-state index in [9.17, 15) is 4.79 Å². The summed E-state index contributed by atoms with van der Waals surface area (Å²) in [4.78, 5) is 16.7. The molecular formula is C16H27ClN4O2S. The van der Waals surface area contributed by atoms with Crippen LogP contribution in [0.2, 0.25) is 0 Å². The highest BCUT2D eigenvalue weighted by Gasteiger charge is 2.24. The van der Waals surface area contributed by atoms with E-state index in [0.717, 1.165) is 36.7 Å². The van der Waals surface area contributed by atoms with Crippen molar-refractivity contribution < 1.29 is 9.32 Å². The zero-order valence-corrected chi connectivity index (χ0v) is 15.8. The molecule has 1 saturated carbocycles. The van der Waals surface area contributed by atoms with Crippen LogP contribution in [0, 0.1) is 0 Å². The molecule has 0 radical (unpaired) electrons. The lowest BCUT2D eigenvalue weighted by molar-refractivity contribution is -0.122. The lowest BCUT2D eigenvalue weighted by Gasteiger charge is -2.23. The molecule has 1 aliphatic carbocycles. The van der Waals surface area contributed by atoms with Gasteiger partial charge < -0.3 is 15.2 Å². The molecule has 1 saturated heterocycles. The van der Waals surface area contributed by atoms with Gasteiger partial charge in [0.1, 0.15) is 6.04 Å². The van der Waals surface area contributed by atoms with Crippen LogP contribution in [0.4, 0.5) is 0 Å². The highest BCUT2D eigenvalue weighted by atomic mass is 35.5. The second-order valence-corrected chi connectivity index (χ2v) is 7.69. The van der Waals surface area contributed by atoms with E-state index in [1.165, 1.54) is 19.3 Å². The van der Waals surface area contributed by atoms with Gasteiger partial charge in [0.2, 0.25) is 11.8 Å². The fourth-order valence-corrected chi connectivity index (χ4v) is 4.24. The summed E-state index contributed by atoms with van der Waals surface area (Å²) in [7, 11) is 0. The summed E-state index contributed by atoms with van der Waals surface area (Å²) in [5.74, 6) is 3.91. The highest BCUT2D eigenvalue weighted by molar-refractivity contribution is 7.99. The van der Waals surface area contributed by atoms with E-state index in [1.54, 1.807) is 0 Å². The number of halogens is 1. The quantitative estimate of drug-likeness (QED) is 0.824. The number of nitrogens with one attached hydrogen (secondary N) is 2. The molecule has 1 aromatic heterocycles. The molecule has 136 valence electrons. The van der Waals surface area contributed by atoms with Gasteiger partial charge in [0, 0.05) is 36.4 Å². The first-order valence-corrected chi connectivity index (χ1v) is 9.82. The number of nitrogens with zero attached hydrogens (tertiary/aromatic N) is 2. The third-order valence-electron chi connectivity index (χ3n) is 4.61. The number of carbonyl (C=O) groups is 1. The summed E-state index contributed by atoms with van der Waals surface area (Å²) in [6, 6.07) is 0.0324. The number of amides is 1. The molecule has 2 aliphatic rings. The Morgan fingerprint density at radius 3 is 2.92 bits per heavy atom. The molecular weight excluding hydrogens is 348 g/mol. The maximum atomic E-state index is 12.2. The van der Waals surface area contributed by atoms with Crippen LogP contribution in [0.5, 0.6) is 0 Å². The molecule has 0 spiro atoms. The molecule has 1 aliphatic heterocycles. The summed E-state index contributed by atoms with van der Waals surface area (Å²) in [5, 5.41) is 10.5. The fourth-order valence-electron chi connectivity index (χ4n) is 3.29. The monoisotopic (exact) mass is 374 g/mol. The normalized spacial score (nSPS) is 23.3. The summed E-state index contributed by atoms with van der Waals surface area (Å²) in [6.07, 6.45) is 6.58. The van der Waals surface area contributed by atoms with Crippen LogP contribution < -0.4 is 10.6 Å².